The normalized spacial score (nSPS) is 13.9. The fraction of sp³-hybridized carbons (Fsp3) is 0.727. The lowest BCUT2D eigenvalue weighted by Gasteiger charge is -2.23. The van der Waals surface area contributed by atoms with Crippen molar-refractivity contribution >= 4 is 17.5 Å². The van der Waals surface area contributed by atoms with E-state index in [1.165, 1.54) is 0 Å². The van der Waals surface area contributed by atoms with Crippen molar-refractivity contribution in [3.05, 3.63) is 5.28 Å². The largest absolute Gasteiger partial charge is 0.464 e. The van der Waals surface area contributed by atoms with Crippen LogP contribution in [0.2, 0.25) is 5.28 Å². The number of nitrogens with zero attached hydrogens (tertiary/aromatic N) is 3. The van der Waals surface area contributed by atoms with Crippen LogP contribution in [0.1, 0.15) is 20.3 Å². The molecule has 1 rings (SSSR count). The smallest absolute Gasteiger partial charge is 0.322 e. The van der Waals surface area contributed by atoms with Crippen LogP contribution in [0, 0.1) is 0 Å². The first-order valence-corrected chi connectivity index (χ1v) is 6.34. The Morgan fingerprint density at radius 1 is 1.37 bits per heavy atom. The summed E-state index contributed by atoms with van der Waals surface area (Å²) in [6.07, 6.45) is 0.494. The molecule has 0 amide bonds. The summed E-state index contributed by atoms with van der Waals surface area (Å²) in [6, 6.07) is 0.154. The highest BCUT2D eigenvalue weighted by Gasteiger charge is 2.20. The van der Waals surface area contributed by atoms with Gasteiger partial charge in [0.1, 0.15) is 0 Å². The van der Waals surface area contributed by atoms with Crippen LogP contribution in [0.3, 0.4) is 0 Å². The monoisotopic (exact) mass is 290 g/mol. The molecule has 0 saturated carbocycles. The molecule has 2 N–H and O–H groups in total. The van der Waals surface area contributed by atoms with Gasteiger partial charge in [0.2, 0.25) is 11.2 Å². The average molecular weight is 291 g/mol. The van der Waals surface area contributed by atoms with Gasteiger partial charge in [-0.2, -0.15) is 15.0 Å². The molecule has 1 unspecified atom stereocenters. The Morgan fingerprint density at radius 2 is 2.11 bits per heavy atom. The number of aromatic nitrogens is 3. The third-order valence-corrected chi connectivity index (χ3v) is 2.50. The molecule has 0 aliphatic rings. The molecule has 108 valence electrons. The van der Waals surface area contributed by atoms with E-state index in [0.29, 0.717) is 19.6 Å². The minimum absolute atomic E-state index is 0.0393. The summed E-state index contributed by atoms with van der Waals surface area (Å²) in [4.78, 5) is 11.7. The topological polar surface area (TPSA) is 89.4 Å². The van der Waals surface area contributed by atoms with E-state index >= 15 is 0 Å². The number of aliphatic hydroxyl groups is 1. The number of hydrogen-bond acceptors (Lipinski definition) is 7. The molecule has 0 aliphatic heterocycles. The molecule has 0 saturated heterocycles. The van der Waals surface area contributed by atoms with Gasteiger partial charge in [-0.25, -0.2) is 0 Å². The van der Waals surface area contributed by atoms with E-state index in [0.717, 1.165) is 0 Å². The van der Waals surface area contributed by atoms with Crippen molar-refractivity contribution in [2.24, 2.45) is 0 Å². The van der Waals surface area contributed by atoms with Gasteiger partial charge in [0, 0.05) is 26.7 Å². The first-order chi connectivity index (χ1) is 8.96. The zero-order valence-corrected chi connectivity index (χ0v) is 12.1. The summed E-state index contributed by atoms with van der Waals surface area (Å²) in [5.74, 6) is 0.265. The quantitative estimate of drug-likeness (QED) is 0.741. The van der Waals surface area contributed by atoms with E-state index < -0.39 is 5.60 Å². The van der Waals surface area contributed by atoms with E-state index in [1.807, 2.05) is 6.92 Å². The first kappa shape index (κ1) is 15.9. The number of hydrogen-bond donors (Lipinski definition) is 2. The molecule has 7 nitrogen and oxygen atoms in total. The third kappa shape index (κ3) is 6.00. The van der Waals surface area contributed by atoms with E-state index in [2.05, 4.69) is 20.3 Å². The van der Waals surface area contributed by atoms with Crippen LogP contribution in [0.25, 0.3) is 0 Å². The van der Waals surface area contributed by atoms with E-state index in [4.69, 9.17) is 21.1 Å². The molecule has 8 heteroatoms. The minimum atomic E-state index is -0.930. The number of halogens is 1. The predicted octanol–water partition coefficient (Wildman–Crippen LogP) is 1.12. The molecule has 0 spiro atoms. The number of methoxy groups -OCH3 is 1. The van der Waals surface area contributed by atoms with Gasteiger partial charge in [0.05, 0.1) is 12.2 Å². The summed E-state index contributed by atoms with van der Waals surface area (Å²) in [5, 5.41) is 13.0. The van der Waals surface area contributed by atoms with Gasteiger partial charge in [0.25, 0.3) is 0 Å². The van der Waals surface area contributed by atoms with Crippen LogP contribution in [0.15, 0.2) is 0 Å². The zero-order valence-electron chi connectivity index (χ0n) is 11.3. The van der Waals surface area contributed by atoms with Gasteiger partial charge in [-0.15, -0.1) is 0 Å². The average Bonchev–Trinajstić information content (AvgIpc) is 2.34. The van der Waals surface area contributed by atoms with Crippen molar-refractivity contribution in [3.8, 4) is 6.01 Å². The Morgan fingerprint density at radius 3 is 2.74 bits per heavy atom. The lowest BCUT2D eigenvalue weighted by molar-refractivity contribution is 0.0356. The fourth-order valence-electron chi connectivity index (χ4n) is 1.28. The van der Waals surface area contributed by atoms with Gasteiger partial charge in [0.15, 0.2) is 0 Å². The molecule has 19 heavy (non-hydrogen) atoms. The molecular formula is C11H19ClN4O3. The van der Waals surface area contributed by atoms with Gasteiger partial charge >= 0.3 is 6.01 Å². The van der Waals surface area contributed by atoms with Gasteiger partial charge in [-0.3, -0.25) is 0 Å². The third-order valence-electron chi connectivity index (χ3n) is 2.33. The van der Waals surface area contributed by atoms with Gasteiger partial charge in [-0.05, 0) is 25.4 Å². The molecule has 1 heterocycles. The fourth-order valence-corrected chi connectivity index (χ4v) is 1.44. The summed E-state index contributed by atoms with van der Waals surface area (Å²) in [7, 11) is 1.59. The number of rotatable bonds is 8. The summed E-state index contributed by atoms with van der Waals surface area (Å²) < 4.78 is 10.1. The highest BCUT2D eigenvalue weighted by molar-refractivity contribution is 6.28. The maximum Gasteiger partial charge on any atom is 0.322 e. The van der Waals surface area contributed by atoms with Crippen LogP contribution in [-0.2, 0) is 4.74 Å². The second-order valence-corrected chi connectivity index (χ2v) is 4.57. The predicted molar refractivity (Wildman–Crippen MR) is 71.6 cm³/mol. The summed E-state index contributed by atoms with van der Waals surface area (Å²) in [6.45, 7) is 4.69. The Balaban J connectivity index is 2.61. The maximum absolute atomic E-state index is 10.1. The second-order valence-electron chi connectivity index (χ2n) is 4.24. The molecule has 1 aromatic rings. The maximum atomic E-state index is 10.1. The Labute approximate surface area is 117 Å². The number of nitrogens with one attached hydrogen (secondary N) is 1. The van der Waals surface area contributed by atoms with Crippen molar-refractivity contribution in [1.82, 2.24) is 15.0 Å². The van der Waals surface area contributed by atoms with Gasteiger partial charge in [-0.1, -0.05) is 0 Å². The molecule has 1 atom stereocenters. The molecule has 0 aromatic carbocycles. The van der Waals surface area contributed by atoms with Crippen molar-refractivity contribution in [2.75, 3.05) is 32.2 Å². The Kier molecular flexibility index (Phi) is 6.20. The molecule has 0 fully saturated rings. The van der Waals surface area contributed by atoms with Crippen molar-refractivity contribution in [1.29, 1.82) is 0 Å². The van der Waals surface area contributed by atoms with E-state index in [-0.39, 0.29) is 23.8 Å². The Bertz CT molecular complexity index is 404. The van der Waals surface area contributed by atoms with E-state index in [9.17, 15) is 5.11 Å². The molecule has 1 aromatic heterocycles. The van der Waals surface area contributed by atoms with Crippen molar-refractivity contribution in [3.63, 3.8) is 0 Å². The molecule has 0 bridgehead atoms. The lowest BCUT2D eigenvalue weighted by atomic mass is 10.0. The number of anilines is 1. The molecular weight excluding hydrogens is 272 g/mol. The Hall–Kier alpha value is -1.18. The van der Waals surface area contributed by atoms with Gasteiger partial charge < -0.3 is 19.9 Å². The zero-order chi connectivity index (χ0) is 14.3. The summed E-state index contributed by atoms with van der Waals surface area (Å²) in [5.41, 5.74) is -0.930. The molecule has 0 radical (unpaired) electrons. The lowest BCUT2D eigenvalue weighted by Crippen LogP contribution is -2.35. The first-order valence-electron chi connectivity index (χ1n) is 5.96. The van der Waals surface area contributed by atoms with Crippen LogP contribution < -0.4 is 10.1 Å². The van der Waals surface area contributed by atoms with Crippen LogP contribution in [0.5, 0.6) is 6.01 Å². The SMILES string of the molecule is CCOc1nc(Cl)nc(NCC(C)(O)CCOC)n1. The highest BCUT2D eigenvalue weighted by Crippen LogP contribution is 2.14. The van der Waals surface area contributed by atoms with Crippen molar-refractivity contribution in [2.45, 2.75) is 25.9 Å². The minimum Gasteiger partial charge on any atom is -0.464 e. The highest BCUT2D eigenvalue weighted by atomic mass is 35.5. The van der Waals surface area contributed by atoms with Crippen LogP contribution in [-0.4, -0.2) is 52.5 Å². The second kappa shape index (κ2) is 7.42. The van der Waals surface area contributed by atoms with Crippen LogP contribution in [0.4, 0.5) is 5.95 Å². The molecule has 0 aliphatic carbocycles. The standard InChI is InChI=1S/C11H19ClN4O3/c1-4-19-10-15-8(12)14-9(16-10)13-7-11(2,17)5-6-18-3/h17H,4-7H2,1-3H3,(H,13,14,15,16). The summed E-state index contributed by atoms with van der Waals surface area (Å²) >= 11 is 5.75. The van der Waals surface area contributed by atoms with Crippen LogP contribution >= 0.6 is 11.6 Å². The van der Waals surface area contributed by atoms with Crippen molar-refractivity contribution < 1.29 is 14.6 Å². The van der Waals surface area contributed by atoms with E-state index in [1.54, 1.807) is 14.0 Å². The number of ether oxygens (including phenoxy) is 2.